The Hall–Kier alpha value is -2.03. The van der Waals surface area contributed by atoms with Gasteiger partial charge in [0, 0.05) is 10.0 Å². The number of methoxy groups -OCH3 is 2. The Bertz CT molecular complexity index is 942. The standard InChI is InChI=1S/C18H19BrN2O4S/c1-24-17-6-4-5-14(18(17)25-2)16-11-15(20-21(16)26(3,22)23)12-7-9-13(19)10-8-12/h4-11,16,20H,1-3H3/t16-/m1/s1. The first-order valence-corrected chi connectivity index (χ1v) is 10.4. The van der Waals surface area contributed by atoms with Gasteiger partial charge in [-0.3, -0.25) is 0 Å². The molecule has 0 aromatic heterocycles. The van der Waals surface area contributed by atoms with Crippen molar-refractivity contribution >= 4 is 31.7 Å². The van der Waals surface area contributed by atoms with Gasteiger partial charge in [-0.25, -0.2) is 8.42 Å². The number of benzene rings is 2. The van der Waals surface area contributed by atoms with Gasteiger partial charge in [0.2, 0.25) is 10.0 Å². The van der Waals surface area contributed by atoms with Gasteiger partial charge in [-0.2, -0.15) is 0 Å². The second kappa shape index (κ2) is 7.30. The summed E-state index contributed by atoms with van der Waals surface area (Å²) in [6, 6.07) is 12.5. The summed E-state index contributed by atoms with van der Waals surface area (Å²) in [6.45, 7) is 0. The molecular weight excluding hydrogens is 420 g/mol. The summed E-state index contributed by atoms with van der Waals surface area (Å²) in [4.78, 5) is 0. The van der Waals surface area contributed by atoms with Crippen LogP contribution in [0.25, 0.3) is 5.70 Å². The zero-order valence-electron chi connectivity index (χ0n) is 14.6. The molecule has 0 bridgehead atoms. The van der Waals surface area contributed by atoms with E-state index in [4.69, 9.17) is 9.47 Å². The first-order valence-electron chi connectivity index (χ1n) is 7.80. The van der Waals surface area contributed by atoms with Crippen molar-refractivity contribution in [3.63, 3.8) is 0 Å². The van der Waals surface area contributed by atoms with Crippen molar-refractivity contribution in [3.05, 3.63) is 64.1 Å². The van der Waals surface area contributed by atoms with Gasteiger partial charge in [0.25, 0.3) is 0 Å². The molecule has 1 heterocycles. The van der Waals surface area contributed by atoms with Crippen LogP contribution in [-0.4, -0.2) is 33.3 Å². The van der Waals surface area contributed by atoms with Crippen molar-refractivity contribution < 1.29 is 17.9 Å². The van der Waals surface area contributed by atoms with E-state index in [2.05, 4.69) is 21.4 Å². The molecule has 0 aliphatic carbocycles. The molecule has 8 heteroatoms. The van der Waals surface area contributed by atoms with Crippen molar-refractivity contribution in [1.29, 1.82) is 0 Å². The minimum atomic E-state index is -3.53. The maximum absolute atomic E-state index is 12.4. The van der Waals surface area contributed by atoms with Crippen molar-refractivity contribution in [3.8, 4) is 11.5 Å². The Kier molecular flexibility index (Phi) is 5.27. The van der Waals surface area contributed by atoms with E-state index in [0.29, 0.717) is 22.8 Å². The average Bonchev–Trinajstić information content (AvgIpc) is 3.07. The van der Waals surface area contributed by atoms with Crippen molar-refractivity contribution in [1.82, 2.24) is 9.84 Å². The molecule has 0 unspecified atom stereocenters. The molecule has 1 aliphatic heterocycles. The lowest BCUT2D eigenvalue weighted by atomic mass is 10.0. The normalized spacial score (nSPS) is 17.5. The highest BCUT2D eigenvalue weighted by Crippen LogP contribution is 2.41. The van der Waals surface area contributed by atoms with Crippen LogP contribution in [0.3, 0.4) is 0 Å². The third kappa shape index (κ3) is 3.58. The minimum absolute atomic E-state index is 0.503. The predicted molar refractivity (Wildman–Crippen MR) is 104 cm³/mol. The second-order valence-electron chi connectivity index (χ2n) is 5.79. The Morgan fingerprint density at radius 2 is 1.77 bits per heavy atom. The maximum Gasteiger partial charge on any atom is 0.228 e. The van der Waals surface area contributed by atoms with Gasteiger partial charge in [-0.15, -0.1) is 4.41 Å². The van der Waals surface area contributed by atoms with Gasteiger partial charge < -0.3 is 14.9 Å². The van der Waals surface area contributed by atoms with Gasteiger partial charge in [0.15, 0.2) is 11.5 Å². The first kappa shape index (κ1) is 18.8. The molecule has 1 aliphatic rings. The number of nitrogens with zero attached hydrogens (tertiary/aromatic N) is 1. The molecule has 0 amide bonds. The van der Waals surface area contributed by atoms with Crippen LogP contribution >= 0.6 is 15.9 Å². The minimum Gasteiger partial charge on any atom is -0.493 e. The van der Waals surface area contributed by atoms with E-state index in [1.165, 1.54) is 11.5 Å². The van der Waals surface area contributed by atoms with Crippen LogP contribution in [0.5, 0.6) is 11.5 Å². The molecular formula is C18H19BrN2O4S. The molecule has 138 valence electrons. The van der Waals surface area contributed by atoms with Crippen LogP contribution in [0, 0.1) is 0 Å². The zero-order valence-corrected chi connectivity index (χ0v) is 17.0. The highest BCUT2D eigenvalue weighted by Gasteiger charge is 2.35. The number of sulfonamides is 1. The van der Waals surface area contributed by atoms with E-state index in [1.54, 1.807) is 13.2 Å². The maximum atomic E-state index is 12.4. The van der Waals surface area contributed by atoms with Gasteiger partial charge >= 0.3 is 0 Å². The van der Waals surface area contributed by atoms with E-state index >= 15 is 0 Å². The molecule has 6 nitrogen and oxygen atoms in total. The lowest BCUT2D eigenvalue weighted by Crippen LogP contribution is -2.38. The van der Waals surface area contributed by atoms with Crippen LogP contribution in [0.15, 0.2) is 53.0 Å². The Balaban J connectivity index is 2.11. The van der Waals surface area contributed by atoms with E-state index in [1.807, 2.05) is 42.5 Å². The lowest BCUT2D eigenvalue weighted by Gasteiger charge is -2.24. The van der Waals surface area contributed by atoms with Gasteiger partial charge in [-0.1, -0.05) is 40.2 Å². The Labute approximate surface area is 161 Å². The molecule has 3 rings (SSSR count). The predicted octanol–water partition coefficient (Wildman–Crippen LogP) is 3.33. The lowest BCUT2D eigenvalue weighted by molar-refractivity contribution is 0.323. The molecule has 0 saturated carbocycles. The monoisotopic (exact) mass is 438 g/mol. The van der Waals surface area contributed by atoms with Crippen molar-refractivity contribution in [2.24, 2.45) is 0 Å². The zero-order chi connectivity index (χ0) is 18.9. The smallest absolute Gasteiger partial charge is 0.228 e. The summed E-state index contributed by atoms with van der Waals surface area (Å²) in [6.07, 6.45) is 3.03. The molecule has 0 saturated heterocycles. The number of nitrogens with one attached hydrogen (secondary N) is 1. The fraction of sp³-hybridized carbons (Fsp3) is 0.222. The van der Waals surface area contributed by atoms with Crippen LogP contribution in [-0.2, 0) is 10.0 Å². The Morgan fingerprint density at radius 3 is 2.35 bits per heavy atom. The fourth-order valence-corrected chi connectivity index (χ4v) is 4.01. The van der Waals surface area contributed by atoms with Crippen LogP contribution in [0.1, 0.15) is 17.2 Å². The molecule has 1 N–H and O–H groups in total. The van der Waals surface area contributed by atoms with Crippen LogP contribution in [0.4, 0.5) is 0 Å². The van der Waals surface area contributed by atoms with E-state index < -0.39 is 16.1 Å². The van der Waals surface area contributed by atoms with E-state index in [0.717, 1.165) is 16.3 Å². The topological polar surface area (TPSA) is 67.9 Å². The summed E-state index contributed by atoms with van der Waals surface area (Å²) in [7, 11) is -0.446. The molecule has 0 fully saturated rings. The summed E-state index contributed by atoms with van der Waals surface area (Å²) in [5.41, 5.74) is 5.28. The van der Waals surface area contributed by atoms with Gasteiger partial charge in [-0.05, 0) is 29.8 Å². The number of halogens is 1. The quantitative estimate of drug-likeness (QED) is 0.774. The van der Waals surface area contributed by atoms with Crippen molar-refractivity contribution in [2.75, 3.05) is 20.5 Å². The first-order chi connectivity index (χ1) is 12.3. The van der Waals surface area contributed by atoms with Gasteiger partial charge in [0.05, 0.1) is 32.2 Å². The highest BCUT2D eigenvalue weighted by molar-refractivity contribution is 9.10. The van der Waals surface area contributed by atoms with E-state index in [-0.39, 0.29) is 0 Å². The van der Waals surface area contributed by atoms with Crippen LogP contribution < -0.4 is 14.9 Å². The molecule has 2 aromatic rings. The molecule has 0 radical (unpaired) electrons. The second-order valence-corrected chi connectivity index (χ2v) is 8.56. The fourth-order valence-electron chi connectivity index (χ4n) is 2.89. The number of para-hydroxylation sites is 1. The molecule has 2 aromatic carbocycles. The number of hydrogen-bond donors (Lipinski definition) is 1. The Morgan fingerprint density at radius 1 is 1.08 bits per heavy atom. The molecule has 1 atom stereocenters. The SMILES string of the molecule is COc1cccc([C@H]2C=C(c3ccc(Br)cc3)NN2S(C)(=O)=O)c1OC. The summed E-state index contributed by atoms with van der Waals surface area (Å²) < 4.78 is 37.7. The number of hydrogen-bond acceptors (Lipinski definition) is 5. The third-order valence-electron chi connectivity index (χ3n) is 4.07. The number of hydrazine groups is 1. The van der Waals surface area contributed by atoms with Crippen LogP contribution in [0.2, 0.25) is 0 Å². The summed E-state index contributed by atoms with van der Waals surface area (Å²) >= 11 is 3.40. The average molecular weight is 439 g/mol. The van der Waals surface area contributed by atoms with Crippen molar-refractivity contribution in [2.45, 2.75) is 6.04 Å². The molecule has 0 spiro atoms. The highest BCUT2D eigenvalue weighted by atomic mass is 79.9. The summed E-state index contributed by atoms with van der Waals surface area (Å²) in [5, 5.41) is 0. The van der Waals surface area contributed by atoms with Gasteiger partial charge in [0.1, 0.15) is 0 Å². The summed E-state index contributed by atoms with van der Waals surface area (Å²) in [5.74, 6) is 1.05. The number of ether oxygens (including phenoxy) is 2. The molecule has 26 heavy (non-hydrogen) atoms. The van der Waals surface area contributed by atoms with E-state index in [9.17, 15) is 8.42 Å². The third-order valence-corrected chi connectivity index (χ3v) is 5.63. The largest absolute Gasteiger partial charge is 0.493 e. The number of rotatable bonds is 5.